The van der Waals surface area contributed by atoms with Crippen molar-refractivity contribution in [3.05, 3.63) is 17.0 Å². The average molecular weight is 183 g/mol. The van der Waals surface area contributed by atoms with Crippen LogP contribution in [-0.4, -0.2) is 31.2 Å². The minimum absolute atomic E-state index is 0.764. The molecule has 0 fully saturated rings. The van der Waals surface area contributed by atoms with Crippen LogP contribution in [0.25, 0.3) is 0 Å². The number of hydrogen-bond acceptors (Lipinski definition) is 4. The molecule has 0 unspecified atom stereocenters. The predicted octanol–water partition coefficient (Wildman–Crippen LogP) is 0.764. The Morgan fingerprint density at radius 2 is 2.15 bits per heavy atom. The maximum atomic E-state index is 5.13. The summed E-state index contributed by atoms with van der Waals surface area (Å²) in [5, 5.41) is 7.06. The summed E-state index contributed by atoms with van der Waals surface area (Å²) in [6, 6.07) is 0. The molecule has 1 aromatic rings. The average Bonchev–Trinajstić information content (AvgIpc) is 2.36. The molecule has 0 aliphatic rings. The predicted molar refractivity (Wildman–Crippen MR) is 51.4 cm³/mol. The highest BCUT2D eigenvalue weighted by Crippen LogP contribution is 2.14. The molecule has 4 heteroatoms. The van der Waals surface area contributed by atoms with Gasteiger partial charge in [0, 0.05) is 18.7 Å². The fourth-order valence-corrected chi connectivity index (χ4v) is 1.26. The number of aromatic nitrogens is 1. The Morgan fingerprint density at radius 1 is 1.46 bits per heavy atom. The summed E-state index contributed by atoms with van der Waals surface area (Å²) in [5.74, 6) is 0.916. The minimum Gasteiger partial charge on any atom is -0.361 e. The van der Waals surface area contributed by atoms with Gasteiger partial charge in [-0.05, 0) is 28.1 Å². The van der Waals surface area contributed by atoms with Gasteiger partial charge in [0.1, 0.15) is 11.5 Å². The molecule has 0 saturated heterocycles. The van der Waals surface area contributed by atoms with Crippen LogP contribution in [0.3, 0.4) is 0 Å². The number of hydrogen-bond donors (Lipinski definition) is 1. The van der Waals surface area contributed by atoms with E-state index in [9.17, 15) is 0 Å². The highest BCUT2D eigenvalue weighted by Gasteiger charge is 2.11. The highest BCUT2D eigenvalue weighted by atomic mass is 16.5. The van der Waals surface area contributed by atoms with Crippen LogP contribution in [0.1, 0.15) is 17.0 Å². The van der Waals surface area contributed by atoms with Crippen molar-refractivity contribution in [2.75, 3.05) is 21.1 Å². The van der Waals surface area contributed by atoms with Crippen molar-refractivity contribution in [1.29, 1.82) is 0 Å². The van der Waals surface area contributed by atoms with E-state index in [1.54, 1.807) is 0 Å². The summed E-state index contributed by atoms with van der Waals surface area (Å²) in [4.78, 5) is 2.11. The number of rotatable bonds is 4. The van der Waals surface area contributed by atoms with Gasteiger partial charge in [-0.15, -0.1) is 0 Å². The highest BCUT2D eigenvalue weighted by molar-refractivity contribution is 5.21. The van der Waals surface area contributed by atoms with E-state index in [-0.39, 0.29) is 0 Å². The quantitative estimate of drug-likeness (QED) is 0.748. The lowest BCUT2D eigenvalue weighted by atomic mass is 10.2. The maximum absolute atomic E-state index is 5.13. The van der Waals surface area contributed by atoms with Crippen molar-refractivity contribution >= 4 is 0 Å². The van der Waals surface area contributed by atoms with E-state index in [0.29, 0.717) is 0 Å². The molecule has 0 saturated carbocycles. The molecule has 0 spiro atoms. The van der Waals surface area contributed by atoms with Crippen molar-refractivity contribution in [3.63, 3.8) is 0 Å². The topological polar surface area (TPSA) is 41.3 Å². The zero-order valence-corrected chi connectivity index (χ0v) is 8.72. The Bertz CT molecular complexity index is 268. The lowest BCUT2D eigenvalue weighted by Crippen LogP contribution is -2.14. The van der Waals surface area contributed by atoms with Gasteiger partial charge in [-0.2, -0.15) is 0 Å². The molecule has 0 atom stereocenters. The molecule has 0 aliphatic heterocycles. The first-order valence-electron chi connectivity index (χ1n) is 4.38. The van der Waals surface area contributed by atoms with E-state index in [1.165, 1.54) is 5.56 Å². The van der Waals surface area contributed by atoms with Crippen LogP contribution < -0.4 is 5.32 Å². The van der Waals surface area contributed by atoms with Crippen LogP contribution in [0, 0.1) is 6.92 Å². The van der Waals surface area contributed by atoms with Gasteiger partial charge in [0.25, 0.3) is 0 Å². The lowest BCUT2D eigenvalue weighted by Gasteiger charge is -2.09. The van der Waals surface area contributed by atoms with Crippen molar-refractivity contribution in [2.45, 2.75) is 20.0 Å². The lowest BCUT2D eigenvalue weighted by molar-refractivity contribution is 0.378. The molecule has 0 aliphatic carbocycles. The normalized spacial score (nSPS) is 11.2. The van der Waals surface area contributed by atoms with Gasteiger partial charge in [-0.1, -0.05) is 5.16 Å². The van der Waals surface area contributed by atoms with Gasteiger partial charge in [-0.25, -0.2) is 0 Å². The van der Waals surface area contributed by atoms with Crippen LogP contribution >= 0.6 is 0 Å². The summed E-state index contributed by atoms with van der Waals surface area (Å²) in [6.45, 7) is 3.60. The maximum Gasteiger partial charge on any atom is 0.138 e. The van der Waals surface area contributed by atoms with Crippen molar-refractivity contribution in [1.82, 2.24) is 15.4 Å². The molecule has 0 aromatic carbocycles. The first-order chi connectivity index (χ1) is 6.15. The minimum atomic E-state index is 0.764. The van der Waals surface area contributed by atoms with E-state index in [0.717, 1.165) is 24.5 Å². The SMILES string of the molecule is CNCc1noc(C)c1CN(C)C. The summed E-state index contributed by atoms with van der Waals surface area (Å²) in [7, 11) is 5.98. The molecule has 1 N–H and O–H groups in total. The van der Waals surface area contributed by atoms with Crippen molar-refractivity contribution in [3.8, 4) is 0 Å². The van der Waals surface area contributed by atoms with Gasteiger partial charge >= 0.3 is 0 Å². The van der Waals surface area contributed by atoms with E-state index >= 15 is 0 Å². The third-order valence-electron chi connectivity index (χ3n) is 1.88. The summed E-state index contributed by atoms with van der Waals surface area (Å²) in [5.41, 5.74) is 2.20. The standard InChI is InChI=1S/C9H17N3O/c1-7-8(6-12(3)4)9(5-10-2)11-13-7/h10H,5-6H2,1-4H3. The van der Waals surface area contributed by atoms with Crippen LogP contribution in [0.4, 0.5) is 0 Å². The van der Waals surface area contributed by atoms with Crippen LogP contribution in [0.2, 0.25) is 0 Å². The van der Waals surface area contributed by atoms with Gasteiger partial charge in [0.15, 0.2) is 0 Å². The molecule has 0 amide bonds. The summed E-state index contributed by atoms with van der Waals surface area (Å²) >= 11 is 0. The van der Waals surface area contributed by atoms with Crippen molar-refractivity contribution in [2.24, 2.45) is 0 Å². The Kier molecular flexibility index (Phi) is 3.45. The zero-order valence-electron chi connectivity index (χ0n) is 8.72. The second-order valence-corrected chi connectivity index (χ2v) is 3.43. The molecule has 1 aromatic heterocycles. The fourth-order valence-electron chi connectivity index (χ4n) is 1.26. The third kappa shape index (κ3) is 2.54. The first-order valence-corrected chi connectivity index (χ1v) is 4.38. The van der Waals surface area contributed by atoms with E-state index in [4.69, 9.17) is 4.52 Å². The van der Waals surface area contributed by atoms with Crippen LogP contribution in [-0.2, 0) is 13.1 Å². The molecule has 0 bridgehead atoms. The van der Waals surface area contributed by atoms with Gasteiger partial charge in [-0.3, -0.25) is 0 Å². The van der Waals surface area contributed by atoms with Crippen molar-refractivity contribution < 1.29 is 4.52 Å². The molecule has 1 heterocycles. The third-order valence-corrected chi connectivity index (χ3v) is 1.88. The number of nitrogens with one attached hydrogen (secondary N) is 1. The number of aryl methyl sites for hydroxylation is 1. The van der Waals surface area contributed by atoms with E-state index in [2.05, 4.69) is 15.4 Å². The molecular formula is C9H17N3O. The van der Waals surface area contributed by atoms with Gasteiger partial charge in [0.05, 0.1) is 0 Å². The smallest absolute Gasteiger partial charge is 0.138 e. The van der Waals surface area contributed by atoms with Gasteiger partial charge in [0.2, 0.25) is 0 Å². The Labute approximate surface area is 78.9 Å². The van der Waals surface area contributed by atoms with Gasteiger partial charge < -0.3 is 14.7 Å². The molecule has 74 valence electrons. The largest absolute Gasteiger partial charge is 0.361 e. The molecular weight excluding hydrogens is 166 g/mol. The summed E-state index contributed by atoms with van der Waals surface area (Å²) < 4.78 is 5.13. The van der Waals surface area contributed by atoms with Crippen LogP contribution in [0.5, 0.6) is 0 Å². The number of nitrogens with zero attached hydrogens (tertiary/aromatic N) is 2. The van der Waals surface area contributed by atoms with E-state index < -0.39 is 0 Å². The summed E-state index contributed by atoms with van der Waals surface area (Å²) in [6.07, 6.45) is 0. The monoisotopic (exact) mass is 183 g/mol. The molecule has 13 heavy (non-hydrogen) atoms. The second-order valence-electron chi connectivity index (χ2n) is 3.43. The van der Waals surface area contributed by atoms with E-state index in [1.807, 2.05) is 28.1 Å². The second kappa shape index (κ2) is 4.39. The van der Waals surface area contributed by atoms with Crippen LogP contribution in [0.15, 0.2) is 4.52 Å². The molecule has 1 rings (SSSR count). The fraction of sp³-hybridized carbons (Fsp3) is 0.667. The molecule has 0 radical (unpaired) electrons. The first kappa shape index (κ1) is 10.2. The Hall–Kier alpha value is -0.870. The molecule has 4 nitrogen and oxygen atoms in total. The Morgan fingerprint density at radius 3 is 2.69 bits per heavy atom. The Balaban J connectivity index is 2.81. The zero-order chi connectivity index (χ0) is 9.84.